The summed E-state index contributed by atoms with van der Waals surface area (Å²) in [6.45, 7) is 1.90. The van der Waals surface area contributed by atoms with Gasteiger partial charge in [0.05, 0.1) is 22.8 Å². The fourth-order valence-electron chi connectivity index (χ4n) is 4.32. The molecule has 6 nitrogen and oxygen atoms in total. The Morgan fingerprint density at radius 3 is 2.31 bits per heavy atom. The van der Waals surface area contributed by atoms with Gasteiger partial charge >= 0.3 is 6.18 Å². The van der Waals surface area contributed by atoms with E-state index < -0.39 is 26.7 Å². The zero-order valence-corrected chi connectivity index (χ0v) is 18.4. The molecule has 2 heterocycles. The summed E-state index contributed by atoms with van der Waals surface area (Å²) in [6, 6.07) is 7.70. The van der Waals surface area contributed by atoms with Gasteiger partial charge in [0.2, 0.25) is 15.9 Å². The number of amides is 1. The Bertz CT molecular complexity index is 1060. The van der Waals surface area contributed by atoms with Gasteiger partial charge in [0.15, 0.2) is 0 Å². The normalized spacial score (nSPS) is 19.6. The van der Waals surface area contributed by atoms with Crippen LogP contribution in [0.2, 0.25) is 0 Å². The van der Waals surface area contributed by atoms with Crippen LogP contribution in [0.5, 0.6) is 0 Å². The van der Waals surface area contributed by atoms with Crippen LogP contribution < -0.4 is 0 Å². The molecule has 32 heavy (non-hydrogen) atoms. The van der Waals surface area contributed by atoms with Crippen LogP contribution in [0.15, 0.2) is 52.0 Å². The van der Waals surface area contributed by atoms with Gasteiger partial charge in [-0.2, -0.15) is 17.5 Å². The van der Waals surface area contributed by atoms with Crippen LogP contribution >= 0.6 is 0 Å². The van der Waals surface area contributed by atoms with E-state index in [1.807, 2.05) is 17.9 Å². The third-order valence-electron chi connectivity index (χ3n) is 6.18. The van der Waals surface area contributed by atoms with Crippen LogP contribution in [0, 0.1) is 5.92 Å². The maximum atomic E-state index is 13.3. The summed E-state index contributed by atoms with van der Waals surface area (Å²) in [6.07, 6.45) is -0.856. The summed E-state index contributed by atoms with van der Waals surface area (Å²) >= 11 is 0. The first kappa shape index (κ1) is 22.8. The van der Waals surface area contributed by atoms with Crippen molar-refractivity contribution in [1.82, 2.24) is 9.21 Å². The van der Waals surface area contributed by atoms with Gasteiger partial charge in [-0.1, -0.05) is 12.1 Å². The predicted octanol–water partition coefficient (Wildman–Crippen LogP) is 4.45. The number of hydrogen-bond acceptors (Lipinski definition) is 4. The summed E-state index contributed by atoms with van der Waals surface area (Å²) < 4.78 is 72.5. The van der Waals surface area contributed by atoms with Gasteiger partial charge in [0, 0.05) is 25.0 Å². The molecule has 1 atom stereocenters. The Morgan fingerprint density at radius 1 is 1.09 bits per heavy atom. The molecule has 1 aromatic heterocycles. The third-order valence-corrected chi connectivity index (χ3v) is 8.14. The number of rotatable bonds is 6. The molecule has 0 radical (unpaired) electrons. The van der Waals surface area contributed by atoms with Crippen molar-refractivity contribution in [2.45, 2.75) is 55.8 Å². The first-order chi connectivity index (χ1) is 15.1. The maximum Gasteiger partial charge on any atom is 0.417 e. The molecule has 2 fully saturated rings. The maximum absolute atomic E-state index is 13.3. The average molecular weight is 471 g/mol. The highest BCUT2D eigenvalue weighted by molar-refractivity contribution is 7.89. The molecule has 1 amide bonds. The fraction of sp³-hybridized carbons (Fsp3) is 0.500. The molecule has 0 N–H and O–H groups in total. The van der Waals surface area contributed by atoms with Crippen LogP contribution in [0.3, 0.4) is 0 Å². The minimum atomic E-state index is -4.77. The second-order valence-corrected chi connectivity index (χ2v) is 10.2. The molecule has 1 aromatic carbocycles. The molecule has 4 rings (SSSR count). The van der Waals surface area contributed by atoms with Crippen molar-refractivity contribution < 1.29 is 30.8 Å². The van der Waals surface area contributed by atoms with Gasteiger partial charge in [-0.3, -0.25) is 4.79 Å². The fourth-order valence-corrected chi connectivity index (χ4v) is 6.01. The highest BCUT2D eigenvalue weighted by Gasteiger charge is 2.43. The molecule has 2 aliphatic rings. The molecule has 1 saturated heterocycles. The minimum Gasteiger partial charge on any atom is -0.467 e. The van der Waals surface area contributed by atoms with E-state index in [-0.39, 0.29) is 49.8 Å². The number of piperidine rings is 1. The van der Waals surface area contributed by atoms with Crippen LogP contribution in [-0.2, 0) is 21.0 Å². The molecular weight excluding hydrogens is 445 g/mol. The quantitative estimate of drug-likeness (QED) is 0.626. The predicted molar refractivity (Wildman–Crippen MR) is 110 cm³/mol. The summed E-state index contributed by atoms with van der Waals surface area (Å²) in [5.41, 5.74) is -1.18. The molecule has 1 aliphatic carbocycles. The molecule has 174 valence electrons. The van der Waals surface area contributed by atoms with E-state index >= 15 is 0 Å². The summed E-state index contributed by atoms with van der Waals surface area (Å²) in [5, 5.41) is 0. The third kappa shape index (κ3) is 4.43. The van der Waals surface area contributed by atoms with E-state index in [1.54, 1.807) is 12.3 Å². The minimum absolute atomic E-state index is 0.00142. The lowest BCUT2D eigenvalue weighted by Gasteiger charge is -2.36. The van der Waals surface area contributed by atoms with E-state index in [4.69, 9.17) is 4.42 Å². The molecule has 1 saturated carbocycles. The largest absolute Gasteiger partial charge is 0.467 e. The Morgan fingerprint density at radius 2 is 1.75 bits per heavy atom. The molecule has 0 spiro atoms. The number of benzene rings is 1. The summed E-state index contributed by atoms with van der Waals surface area (Å²) in [4.78, 5) is 14.4. The SMILES string of the molecule is CC(c1ccco1)N(C(=O)C1CCN(S(=O)(=O)c2ccccc2C(F)(F)F)CC1)C1CC1. The van der Waals surface area contributed by atoms with E-state index in [0.29, 0.717) is 5.76 Å². The molecule has 2 aromatic rings. The molecular formula is C22H25F3N2O4S. The van der Waals surface area contributed by atoms with E-state index in [0.717, 1.165) is 29.3 Å². The Hall–Kier alpha value is -2.33. The highest BCUT2D eigenvalue weighted by atomic mass is 32.2. The van der Waals surface area contributed by atoms with Crippen molar-refractivity contribution in [1.29, 1.82) is 0 Å². The first-order valence-corrected chi connectivity index (χ1v) is 12.1. The van der Waals surface area contributed by atoms with Crippen LogP contribution in [0.1, 0.15) is 50.0 Å². The number of halogens is 3. The van der Waals surface area contributed by atoms with Crippen molar-refractivity contribution in [2.24, 2.45) is 5.92 Å². The topological polar surface area (TPSA) is 70.8 Å². The van der Waals surface area contributed by atoms with E-state index in [9.17, 15) is 26.4 Å². The van der Waals surface area contributed by atoms with Crippen molar-refractivity contribution in [3.8, 4) is 0 Å². The van der Waals surface area contributed by atoms with Gasteiger partial charge < -0.3 is 9.32 Å². The van der Waals surface area contributed by atoms with Crippen LogP contribution in [0.4, 0.5) is 13.2 Å². The smallest absolute Gasteiger partial charge is 0.417 e. The average Bonchev–Trinajstić information content (AvgIpc) is 3.44. The standard InChI is InChI=1S/C22H25F3N2O4S/c1-15(19-6-4-14-31-19)27(17-8-9-17)21(28)16-10-12-26(13-11-16)32(29,30)20-7-3-2-5-18(20)22(23,24)25/h2-7,14-17H,8-13H2,1H3. The Balaban J connectivity index is 1.48. The number of alkyl halides is 3. The zero-order chi connectivity index (χ0) is 23.1. The lowest BCUT2D eigenvalue weighted by atomic mass is 9.95. The number of sulfonamides is 1. The zero-order valence-electron chi connectivity index (χ0n) is 17.6. The lowest BCUT2D eigenvalue weighted by molar-refractivity contribution is -0.140. The second-order valence-electron chi connectivity index (χ2n) is 8.34. The van der Waals surface area contributed by atoms with Gasteiger partial charge in [-0.25, -0.2) is 8.42 Å². The van der Waals surface area contributed by atoms with Crippen LogP contribution in [-0.4, -0.2) is 42.7 Å². The lowest BCUT2D eigenvalue weighted by Crippen LogP contribution is -2.46. The molecule has 10 heteroatoms. The van der Waals surface area contributed by atoms with Crippen molar-refractivity contribution in [3.05, 3.63) is 54.0 Å². The van der Waals surface area contributed by atoms with Crippen molar-refractivity contribution in [3.63, 3.8) is 0 Å². The number of nitrogens with zero attached hydrogens (tertiary/aromatic N) is 2. The van der Waals surface area contributed by atoms with Gasteiger partial charge in [-0.05, 0) is 56.9 Å². The first-order valence-electron chi connectivity index (χ1n) is 10.6. The van der Waals surface area contributed by atoms with Gasteiger partial charge in [0.1, 0.15) is 5.76 Å². The number of carbonyl (C=O) groups is 1. The van der Waals surface area contributed by atoms with Crippen molar-refractivity contribution >= 4 is 15.9 Å². The highest BCUT2D eigenvalue weighted by Crippen LogP contribution is 2.39. The molecule has 0 bridgehead atoms. The summed E-state index contributed by atoms with van der Waals surface area (Å²) in [5.74, 6) is 0.260. The van der Waals surface area contributed by atoms with Gasteiger partial charge in [-0.15, -0.1) is 0 Å². The monoisotopic (exact) mass is 470 g/mol. The second kappa shape index (κ2) is 8.55. The number of furan rings is 1. The number of carbonyl (C=O) groups excluding carboxylic acids is 1. The summed E-state index contributed by atoms with van der Waals surface area (Å²) in [7, 11) is -4.33. The van der Waals surface area contributed by atoms with Gasteiger partial charge in [0.25, 0.3) is 0 Å². The molecule has 1 unspecified atom stereocenters. The Labute approximate surface area is 185 Å². The molecule has 1 aliphatic heterocycles. The Kier molecular flexibility index (Phi) is 6.10. The van der Waals surface area contributed by atoms with E-state index in [2.05, 4.69) is 0 Å². The van der Waals surface area contributed by atoms with Crippen molar-refractivity contribution in [2.75, 3.05) is 13.1 Å². The van der Waals surface area contributed by atoms with E-state index in [1.165, 1.54) is 12.1 Å². The number of hydrogen-bond donors (Lipinski definition) is 0. The van der Waals surface area contributed by atoms with Crippen LogP contribution in [0.25, 0.3) is 0 Å².